The third kappa shape index (κ3) is 8.29. The van der Waals surface area contributed by atoms with Crippen molar-refractivity contribution in [2.24, 2.45) is 5.73 Å². The summed E-state index contributed by atoms with van der Waals surface area (Å²) >= 11 is 0. The molecule has 160 valence electrons. The number of halogens is 1. The number of alkyl halides is 1. The van der Waals surface area contributed by atoms with E-state index in [0.717, 1.165) is 11.1 Å². The first-order chi connectivity index (χ1) is 13.9. The van der Waals surface area contributed by atoms with Crippen LogP contribution >= 0.6 is 0 Å². The molecule has 6 nitrogen and oxygen atoms in total. The molecule has 0 fully saturated rings. The van der Waals surface area contributed by atoms with Crippen LogP contribution in [-0.2, 0) is 22.6 Å². The summed E-state index contributed by atoms with van der Waals surface area (Å²) in [5.41, 5.74) is 5.60. The Bertz CT molecular complexity index is 661. The van der Waals surface area contributed by atoms with Gasteiger partial charge in [0, 0.05) is 26.7 Å². The van der Waals surface area contributed by atoms with Crippen LogP contribution in [0, 0.1) is 0 Å². The Kier molecular flexibility index (Phi) is 11.1. The molecule has 2 rings (SSSR count). The van der Waals surface area contributed by atoms with Crippen molar-refractivity contribution >= 4 is 5.97 Å². The lowest BCUT2D eigenvalue weighted by molar-refractivity contribution is -0.154. The van der Waals surface area contributed by atoms with E-state index in [1.165, 1.54) is 7.11 Å². The highest BCUT2D eigenvalue weighted by Gasteiger charge is 2.39. The van der Waals surface area contributed by atoms with Gasteiger partial charge in [-0.3, -0.25) is 9.69 Å². The number of hydrogen-bond donors (Lipinski definition) is 3. The second-order valence-electron chi connectivity index (χ2n) is 6.85. The number of carboxylic acid groups (broad SMARTS) is 1. The molecule has 29 heavy (non-hydrogen) atoms. The molecule has 0 aliphatic rings. The number of carbonyl (C=O) groups is 1. The number of aliphatic hydroxyl groups excluding tert-OH is 1. The minimum absolute atomic E-state index is 0.0494. The zero-order chi connectivity index (χ0) is 21.7. The molecule has 2 aromatic rings. The van der Waals surface area contributed by atoms with Crippen LogP contribution in [0.3, 0.4) is 0 Å². The maximum Gasteiger partial charge on any atom is 0.326 e. The lowest BCUT2D eigenvalue weighted by Gasteiger charge is -2.36. The molecule has 0 saturated carbocycles. The summed E-state index contributed by atoms with van der Waals surface area (Å²) in [6.07, 6.45) is -0.995. The van der Waals surface area contributed by atoms with Crippen LogP contribution in [0.4, 0.5) is 4.39 Å². The molecule has 0 radical (unpaired) electrons. The van der Waals surface area contributed by atoms with Crippen LogP contribution in [0.2, 0.25) is 0 Å². The Morgan fingerprint density at radius 1 is 1.10 bits per heavy atom. The standard InChI is InChI=1S/C18H21NO3.C4H10FNO/c1-18(14-20,17(21)22)19(12-15-8-4-2-5-9-15)13-16-10-6-3-7-11-16;1-7-3-4(5)2-6/h2-11,20H,12-14H2,1H3,(H,21,22);4H,2-3,6H2,1H3/t18-;4-/m10/s1. The molecule has 0 aliphatic heterocycles. The molecular weight excluding hydrogens is 375 g/mol. The third-order valence-corrected chi connectivity index (χ3v) is 4.50. The number of carboxylic acids is 1. The smallest absolute Gasteiger partial charge is 0.326 e. The summed E-state index contributed by atoms with van der Waals surface area (Å²) in [6, 6.07) is 19.4. The highest BCUT2D eigenvalue weighted by atomic mass is 19.1. The molecule has 0 aliphatic carbocycles. The number of aliphatic carboxylic acids is 1. The van der Waals surface area contributed by atoms with Gasteiger partial charge < -0.3 is 20.7 Å². The van der Waals surface area contributed by atoms with E-state index in [9.17, 15) is 19.4 Å². The van der Waals surface area contributed by atoms with Crippen molar-refractivity contribution in [2.75, 3.05) is 26.9 Å². The number of rotatable bonds is 10. The minimum Gasteiger partial charge on any atom is -0.480 e. The van der Waals surface area contributed by atoms with Crippen LogP contribution in [0.5, 0.6) is 0 Å². The number of benzene rings is 2. The Morgan fingerprint density at radius 3 is 1.83 bits per heavy atom. The van der Waals surface area contributed by atoms with Gasteiger partial charge in [0.1, 0.15) is 11.7 Å². The molecule has 7 heteroatoms. The van der Waals surface area contributed by atoms with E-state index >= 15 is 0 Å². The van der Waals surface area contributed by atoms with Gasteiger partial charge in [-0.15, -0.1) is 0 Å². The fourth-order valence-corrected chi connectivity index (χ4v) is 2.56. The van der Waals surface area contributed by atoms with Gasteiger partial charge in [-0.1, -0.05) is 60.7 Å². The van der Waals surface area contributed by atoms with Gasteiger partial charge in [0.15, 0.2) is 0 Å². The van der Waals surface area contributed by atoms with E-state index in [0.29, 0.717) is 13.1 Å². The zero-order valence-corrected chi connectivity index (χ0v) is 17.0. The van der Waals surface area contributed by atoms with Crippen molar-refractivity contribution in [1.29, 1.82) is 0 Å². The lowest BCUT2D eigenvalue weighted by Crippen LogP contribution is -2.54. The molecule has 4 N–H and O–H groups in total. The van der Waals surface area contributed by atoms with Crippen molar-refractivity contribution in [3.63, 3.8) is 0 Å². The van der Waals surface area contributed by atoms with Gasteiger partial charge in [0.25, 0.3) is 0 Å². The normalized spacial score (nSPS) is 13.9. The van der Waals surface area contributed by atoms with Gasteiger partial charge in [-0.25, -0.2) is 4.39 Å². The summed E-state index contributed by atoms with van der Waals surface area (Å²) in [5.74, 6) is -1.03. The van der Waals surface area contributed by atoms with E-state index in [1.54, 1.807) is 11.8 Å². The Labute approximate surface area is 171 Å². The van der Waals surface area contributed by atoms with Gasteiger partial charge in [0.05, 0.1) is 13.2 Å². The van der Waals surface area contributed by atoms with Gasteiger partial charge >= 0.3 is 5.97 Å². The summed E-state index contributed by atoms with van der Waals surface area (Å²) in [5, 5.41) is 19.2. The molecular formula is C22H31FN2O4. The Balaban J connectivity index is 0.000000516. The van der Waals surface area contributed by atoms with Crippen LogP contribution in [0.1, 0.15) is 18.1 Å². The highest BCUT2D eigenvalue weighted by molar-refractivity contribution is 5.78. The van der Waals surface area contributed by atoms with E-state index in [2.05, 4.69) is 4.74 Å². The highest BCUT2D eigenvalue weighted by Crippen LogP contribution is 2.22. The minimum atomic E-state index is -1.33. The quantitative estimate of drug-likeness (QED) is 0.561. The van der Waals surface area contributed by atoms with E-state index in [4.69, 9.17) is 5.73 Å². The molecule has 0 unspecified atom stereocenters. The monoisotopic (exact) mass is 406 g/mol. The van der Waals surface area contributed by atoms with Crippen molar-refractivity contribution in [2.45, 2.75) is 31.7 Å². The van der Waals surface area contributed by atoms with E-state index in [1.807, 2.05) is 60.7 Å². The molecule has 0 saturated heterocycles. The van der Waals surface area contributed by atoms with Crippen LogP contribution in [0.25, 0.3) is 0 Å². The molecule has 0 heterocycles. The topological polar surface area (TPSA) is 96.0 Å². The van der Waals surface area contributed by atoms with Gasteiger partial charge in [-0.2, -0.15) is 0 Å². The van der Waals surface area contributed by atoms with Crippen molar-refractivity contribution in [3.8, 4) is 0 Å². The van der Waals surface area contributed by atoms with E-state index in [-0.39, 0.29) is 13.2 Å². The maximum absolute atomic E-state index is 11.9. The largest absolute Gasteiger partial charge is 0.480 e. The number of nitrogens with zero attached hydrogens (tertiary/aromatic N) is 1. The van der Waals surface area contributed by atoms with Crippen molar-refractivity contribution < 1.29 is 24.1 Å². The fourth-order valence-electron chi connectivity index (χ4n) is 2.56. The molecule has 0 spiro atoms. The Morgan fingerprint density at radius 2 is 1.55 bits per heavy atom. The summed E-state index contributed by atoms with van der Waals surface area (Å²) in [7, 11) is 1.45. The number of ether oxygens (including phenoxy) is 1. The summed E-state index contributed by atoms with van der Waals surface area (Å²) in [6.45, 7) is 2.19. The fraction of sp³-hybridized carbons (Fsp3) is 0.409. The predicted octanol–water partition coefficient (Wildman–Crippen LogP) is 2.45. The van der Waals surface area contributed by atoms with Crippen LogP contribution < -0.4 is 5.73 Å². The second kappa shape index (κ2) is 13.0. The summed E-state index contributed by atoms with van der Waals surface area (Å²) in [4.78, 5) is 13.5. The first-order valence-electron chi connectivity index (χ1n) is 9.37. The van der Waals surface area contributed by atoms with Crippen molar-refractivity contribution in [3.05, 3.63) is 71.8 Å². The second-order valence-corrected chi connectivity index (χ2v) is 6.85. The first-order valence-corrected chi connectivity index (χ1v) is 9.37. The third-order valence-electron chi connectivity index (χ3n) is 4.50. The number of nitrogens with two attached hydrogens (primary N) is 1. The number of methoxy groups -OCH3 is 1. The molecule has 2 atom stereocenters. The van der Waals surface area contributed by atoms with Crippen molar-refractivity contribution in [1.82, 2.24) is 4.90 Å². The molecule has 2 aromatic carbocycles. The number of hydrogen-bond acceptors (Lipinski definition) is 5. The number of aliphatic hydroxyl groups is 1. The molecule has 0 aromatic heterocycles. The lowest BCUT2D eigenvalue weighted by atomic mass is 9.99. The summed E-state index contributed by atoms with van der Waals surface area (Å²) < 4.78 is 16.3. The maximum atomic E-state index is 11.9. The van der Waals surface area contributed by atoms with Gasteiger partial charge in [-0.05, 0) is 18.1 Å². The molecule has 0 amide bonds. The predicted molar refractivity (Wildman–Crippen MR) is 111 cm³/mol. The Hall–Kier alpha value is -2.32. The van der Waals surface area contributed by atoms with Crippen LogP contribution in [-0.4, -0.2) is 59.7 Å². The van der Waals surface area contributed by atoms with Crippen LogP contribution in [0.15, 0.2) is 60.7 Å². The van der Waals surface area contributed by atoms with E-state index < -0.39 is 24.3 Å². The van der Waals surface area contributed by atoms with Gasteiger partial charge in [0.2, 0.25) is 0 Å². The average molecular weight is 406 g/mol. The zero-order valence-electron chi connectivity index (χ0n) is 17.0. The average Bonchev–Trinajstić information content (AvgIpc) is 2.74. The first kappa shape index (κ1) is 24.7. The SMILES string of the molecule is COC[C@@H](F)CN.C[C@@](CO)(C(=O)O)N(Cc1ccccc1)Cc1ccccc1. The molecule has 0 bridgehead atoms.